The van der Waals surface area contributed by atoms with E-state index in [1.807, 2.05) is 0 Å². The van der Waals surface area contributed by atoms with E-state index in [1.54, 1.807) is 21.1 Å². The molecule has 0 aliphatic heterocycles. The van der Waals surface area contributed by atoms with Gasteiger partial charge in [-0.2, -0.15) is 0 Å². The van der Waals surface area contributed by atoms with Gasteiger partial charge in [-0.3, -0.25) is 0 Å². The van der Waals surface area contributed by atoms with Crippen molar-refractivity contribution >= 4 is 5.82 Å². The van der Waals surface area contributed by atoms with Crippen LogP contribution in [0.1, 0.15) is 11.5 Å². The predicted molar refractivity (Wildman–Crippen MR) is 47.0 cm³/mol. The Labute approximate surface area is 76.2 Å². The fraction of sp³-hybridized carbons (Fsp3) is 0.500. The second-order valence-corrected chi connectivity index (χ2v) is 2.57. The molecular weight excluding hydrogens is 173 g/mol. The Bertz CT molecular complexity index is 304. The maximum absolute atomic E-state index is 13.2. The number of halogens is 1. The fourth-order valence-corrected chi connectivity index (χ4v) is 0.976. The lowest BCUT2D eigenvalue weighted by Crippen LogP contribution is -2.06. The standard InChI is InChI=1S/C8H12FN3O/c1-5-7(9)8(10-2)12-6(11-5)4-13-3/h4H2,1-3H3,(H,10,11,12). The summed E-state index contributed by atoms with van der Waals surface area (Å²) in [5.74, 6) is 0.271. The van der Waals surface area contributed by atoms with Gasteiger partial charge in [0.05, 0.1) is 5.69 Å². The van der Waals surface area contributed by atoms with Crippen LogP contribution < -0.4 is 5.32 Å². The molecule has 1 N–H and O–H groups in total. The molecule has 0 aliphatic carbocycles. The van der Waals surface area contributed by atoms with Crippen molar-refractivity contribution in [3.63, 3.8) is 0 Å². The molecule has 1 heterocycles. The topological polar surface area (TPSA) is 47.0 Å². The third-order valence-corrected chi connectivity index (χ3v) is 1.57. The summed E-state index contributed by atoms with van der Waals surface area (Å²) in [5, 5.41) is 2.65. The molecule has 1 rings (SSSR count). The summed E-state index contributed by atoms with van der Waals surface area (Å²) in [6.07, 6.45) is 0. The Morgan fingerprint density at radius 3 is 2.69 bits per heavy atom. The first kappa shape index (κ1) is 9.85. The second-order valence-electron chi connectivity index (χ2n) is 2.57. The SMILES string of the molecule is CNc1nc(COC)nc(C)c1F. The van der Waals surface area contributed by atoms with E-state index in [0.29, 0.717) is 11.5 Å². The van der Waals surface area contributed by atoms with Crippen molar-refractivity contribution < 1.29 is 9.13 Å². The number of rotatable bonds is 3. The molecule has 0 saturated carbocycles. The van der Waals surface area contributed by atoms with E-state index in [2.05, 4.69) is 15.3 Å². The van der Waals surface area contributed by atoms with Crippen LogP contribution in [0.3, 0.4) is 0 Å². The van der Waals surface area contributed by atoms with Gasteiger partial charge in [-0.15, -0.1) is 0 Å². The Morgan fingerprint density at radius 2 is 2.15 bits per heavy atom. The van der Waals surface area contributed by atoms with Gasteiger partial charge in [-0.1, -0.05) is 0 Å². The lowest BCUT2D eigenvalue weighted by atomic mass is 10.4. The van der Waals surface area contributed by atoms with Gasteiger partial charge in [-0.05, 0) is 6.92 Å². The molecule has 0 fully saturated rings. The molecule has 5 heteroatoms. The van der Waals surface area contributed by atoms with Crippen LogP contribution in [0, 0.1) is 12.7 Å². The molecule has 1 aromatic rings. The number of hydrogen-bond acceptors (Lipinski definition) is 4. The highest BCUT2D eigenvalue weighted by Gasteiger charge is 2.09. The first-order valence-electron chi connectivity index (χ1n) is 3.88. The maximum atomic E-state index is 13.2. The van der Waals surface area contributed by atoms with Crippen LogP contribution in [0.15, 0.2) is 0 Å². The van der Waals surface area contributed by atoms with Crippen molar-refractivity contribution in [2.45, 2.75) is 13.5 Å². The molecule has 1 aromatic heterocycles. The van der Waals surface area contributed by atoms with Gasteiger partial charge in [0.2, 0.25) is 0 Å². The number of nitrogens with one attached hydrogen (secondary N) is 1. The van der Waals surface area contributed by atoms with Crippen molar-refractivity contribution in [2.75, 3.05) is 19.5 Å². The van der Waals surface area contributed by atoms with Crippen molar-refractivity contribution in [3.8, 4) is 0 Å². The van der Waals surface area contributed by atoms with Crippen LogP contribution in [-0.2, 0) is 11.3 Å². The van der Waals surface area contributed by atoms with E-state index in [0.717, 1.165) is 0 Å². The summed E-state index contributed by atoms with van der Waals surface area (Å²) in [6, 6.07) is 0. The van der Waals surface area contributed by atoms with Gasteiger partial charge >= 0.3 is 0 Å². The number of nitrogens with zero attached hydrogens (tertiary/aromatic N) is 2. The van der Waals surface area contributed by atoms with Crippen molar-refractivity contribution in [1.82, 2.24) is 9.97 Å². The largest absolute Gasteiger partial charge is 0.377 e. The fourth-order valence-electron chi connectivity index (χ4n) is 0.976. The van der Waals surface area contributed by atoms with Gasteiger partial charge < -0.3 is 10.1 Å². The molecular formula is C8H12FN3O. The summed E-state index contributed by atoms with van der Waals surface area (Å²) in [4.78, 5) is 7.84. The maximum Gasteiger partial charge on any atom is 0.186 e. The van der Waals surface area contributed by atoms with E-state index in [1.165, 1.54) is 0 Å². The van der Waals surface area contributed by atoms with E-state index >= 15 is 0 Å². The average molecular weight is 185 g/mol. The molecule has 0 unspecified atom stereocenters. The molecule has 0 bridgehead atoms. The number of ether oxygens (including phenoxy) is 1. The monoisotopic (exact) mass is 185 g/mol. The molecule has 4 nitrogen and oxygen atoms in total. The van der Waals surface area contributed by atoms with Crippen LogP contribution in [-0.4, -0.2) is 24.1 Å². The first-order valence-corrected chi connectivity index (χ1v) is 3.88. The number of anilines is 1. The van der Waals surface area contributed by atoms with Crippen LogP contribution in [0.5, 0.6) is 0 Å². The Kier molecular flexibility index (Phi) is 3.13. The van der Waals surface area contributed by atoms with E-state index in [9.17, 15) is 4.39 Å². The molecule has 0 radical (unpaired) electrons. The molecule has 0 aliphatic rings. The Balaban J connectivity index is 3.06. The van der Waals surface area contributed by atoms with Crippen LogP contribution in [0.2, 0.25) is 0 Å². The predicted octanol–water partition coefficient (Wildman–Crippen LogP) is 1.11. The highest BCUT2D eigenvalue weighted by Crippen LogP contribution is 2.13. The summed E-state index contributed by atoms with van der Waals surface area (Å²) in [6.45, 7) is 1.88. The third kappa shape index (κ3) is 2.12. The minimum absolute atomic E-state index is 0.208. The molecule has 72 valence electrons. The normalized spacial score (nSPS) is 10.2. The van der Waals surface area contributed by atoms with Gasteiger partial charge in [0.15, 0.2) is 17.5 Å². The molecule has 0 aromatic carbocycles. The number of aromatic nitrogens is 2. The zero-order valence-corrected chi connectivity index (χ0v) is 7.89. The quantitative estimate of drug-likeness (QED) is 0.766. The minimum atomic E-state index is -0.414. The Hall–Kier alpha value is -1.23. The summed E-state index contributed by atoms with van der Waals surface area (Å²) >= 11 is 0. The average Bonchev–Trinajstić information content (AvgIpc) is 2.11. The Morgan fingerprint density at radius 1 is 1.46 bits per heavy atom. The van der Waals surface area contributed by atoms with Crippen LogP contribution >= 0.6 is 0 Å². The van der Waals surface area contributed by atoms with Crippen molar-refractivity contribution in [1.29, 1.82) is 0 Å². The minimum Gasteiger partial charge on any atom is -0.377 e. The highest BCUT2D eigenvalue weighted by atomic mass is 19.1. The van der Waals surface area contributed by atoms with Gasteiger partial charge in [-0.25, -0.2) is 14.4 Å². The zero-order valence-electron chi connectivity index (χ0n) is 7.89. The number of methoxy groups -OCH3 is 1. The molecule has 0 saturated heterocycles. The van der Waals surface area contributed by atoms with E-state index in [4.69, 9.17) is 4.74 Å². The van der Waals surface area contributed by atoms with E-state index < -0.39 is 5.82 Å². The van der Waals surface area contributed by atoms with Gasteiger partial charge in [0.1, 0.15) is 6.61 Å². The molecule has 0 spiro atoms. The molecule has 13 heavy (non-hydrogen) atoms. The number of hydrogen-bond donors (Lipinski definition) is 1. The van der Waals surface area contributed by atoms with Crippen molar-refractivity contribution in [3.05, 3.63) is 17.3 Å². The van der Waals surface area contributed by atoms with E-state index in [-0.39, 0.29) is 12.4 Å². The van der Waals surface area contributed by atoms with Gasteiger partial charge in [0.25, 0.3) is 0 Å². The first-order chi connectivity index (χ1) is 6.19. The summed E-state index contributed by atoms with van der Waals surface area (Å²) in [7, 11) is 3.16. The third-order valence-electron chi connectivity index (χ3n) is 1.57. The summed E-state index contributed by atoms with van der Waals surface area (Å²) in [5.41, 5.74) is 0.325. The second kappa shape index (κ2) is 4.13. The smallest absolute Gasteiger partial charge is 0.186 e. The number of aryl methyl sites for hydroxylation is 1. The lowest BCUT2D eigenvalue weighted by Gasteiger charge is -2.06. The molecule has 0 atom stereocenters. The zero-order chi connectivity index (χ0) is 9.84. The van der Waals surface area contributed by atoms with Crippen molar-refractivity contribution in [2.24, 2.45) is 0 Å². The van der Waals surface area contributed by atoms with Crippen LogP contribution in [0.25, 0.3) is 0 Å². The van der Waals surface area contributed by atoms with Gasteiger partial charge in [0, 0.05) is 14.2 Å². The molecule has 0 amide bonds. The lowest BCUT2D eigenvalue weighted by molar-refractivity contribution is 0.177. The summed E-state index contributed by atoms with van der Waals surface area (Å²) < 4.78 is 18.0. The highest BCUT2D eigenvalue weighted by molar-refractivity contribution is 5.37. The van der Waals surface area contributed by atoms with Crippen LogP contribution in [0.4, 0.5) is 10.2 Å².